The van der Waals surface area contributed by atoms with Crippen LogP contribution in [0.2, 0.25) is 0 Å². The van der Waals surface area contributed by atoms with Gasteiger partial charge in [-0.05, 0) is 32.9 Å². The van der Waals surface area contributed by atoms with Crippen LogP contribution in [-0.2, 0) is 4.79 Å². The maximum absolute atomic E-state index is 11.8. The summed E-state index contributed by atoms with van der Waals surface area (Å²) in [6.45, 7) is 4.79. The van der Waals surface area contributed by atoms with E-state index in [0.717, 1.165) is 19.4 Å². The van der Waals surface area contributed by atoms with E-state index in [9.17, 15) is 4.79 Å². The van der Waals surface area contributed by atoms with Crippen LogP contribution >= 0.6 is 0 Å². The molecular formula is C12H23N3O. The van der Waals surface area contributed by atoms with Gasteiger partial charge in [-0.25, -0.2) is 0 Å². The van der Waals surface area contributed by atoms with Gasteiger partial charge in [-0.15, -0.1) is 0 Å². The highest BCUT2D eigenvalue weighted by molar-refractivity contribution is 5.80. The predicted octanol–water partition coefficient (Wildman–Crippen LogP) is 0.639. The van der Waals surface area contributed by atoms with Crippen LogP contribution in [0.25, 0.3) is 0 Å². The molecular weight excluding hydrogens is 202 g/mol. The van der Waals surface area contributed by atoms with Gasteiger partial charge in [0.05, 0.1) is 12.7 Å². The molecule has 0 radical (unpaired) electrons. The molecule has 0 aliphatic carbocycles. The summed E-state index contributed by atoms with van der Waals surface area (Å²) < 4.78 is 0. The number of nitrogens with zero attached hydrogens (tertiary/aromatic N) is 2. The number of carbonyl (C=O) groups excluding carboxylic acids is 1. The van der Waals surface area contributed by atoms with Gasteiger partial charge in [0.15, 0.2) is 0 Å². The molecule has 0 aromatic rings. The summed E-state index contributed by atoms with van der Waals surface area (Å²) in [5.74, 6) is 0.277. The molecule has 2 saturated heterocycles. The van der Waals surface area contributed by atoms with Crippen molar-refractivity contribution in [2.24, 2.45) is 0 Å². The number of carbonyl (C=O) groups is 1. The number of nitrogens with one attached hydrogen (secondary N) is 1. The van der Waals surface area contributed by atoms with Gasteiger partial charge in [-0.1, -0.05) is 13.3 Å². The lowest BCUT2D eigenvalue weighted by atomic mass is 10.2. The average molecular weight is 225 g/mol. The van der Waals surface area contributed by atoms with Crippen LogP contribution in [0.3, 0.4) is 0 Å². The van der Waals surface area contributed by atoms with Gasteiger partial charge in [0.1, 0.15) is 0 Å². The smallest absolute Gasteiger partial charge is 0.237 e. The minimum atomic E-state index is 0.277. The second kappa shape index (κ2) is 5.15. The lowest BCUT2D eigenvalue weighted by Crippen LogP contribution is -2.44. The molecule has 0 aromatic carbocycles. The van der Waals surface area contributed by atoms with Gasteiger partial charge in [0.25, 0.3) is 0 Å². The number of likely N-dealkylation sites (tertiary alicyclic amines) is 1. The molecule has 16 heavy (non-hydrogen) atoms. The fourth-order valence-corrected chi connectivity index (χ4v) is 2.79. The maximum atomic E-state index is 11.8. The molecule has 2 aliphatic rings. The number of hydrogen-bond acceptors (Lipinski definition) is 3. The lowest BCUT2D eigenvalue weighted by Gasteiger charge is -2.29. The summed E-state index contributed by atoms with van der Waals surface area (Å²) in [4.78, 5) is 16.2. The zero-order valence-corrected chi connectivity index (χ0v) is 10.4. The molecule has 4 heteroatoms. The third kappa shape index (κ3) is 2.38. The standard InChI is InChI=1S/C12H23N3O/c1-3-5-11-13-8-12(16)15(11)9-10-6-4-7-14(10)2/h10-11,13H,3-9H2,1-2H3. The minimum absolute atomic E-state index is 0.277. The van der Waals surface area contributed by atoms with Crippen molar-refractivity contribution >= 4 is 5.91 Å². The van der Waals surface area contributed by atoms with Gasteiger partial charge >= 0.3 is 0 Å². The number of rotatable bonds is 4. The van der Waals surface area contributed by atoms with E-state index in [0.29, 0.717) is 12.6 Å². The minimum Gasteiger partial charge on any atom is -0.324 e. The monoisotopic (exact) mass is 225 g/mol. The summed E-state index contributed by atoms with van der Waals surface area (Å²) in [5.41, 5.74) is 0. The normalized spacial score (nSPS) is 31.6. The molecule has 2 rings (SSSR count). The Balaban J connectivity index is 1.92. The fraction of sp³-hybridized carbons (Fsp3) is 0.917. The van der Waals surface area contributed by atoms with Crippen LogP contribution in [0.4, 0.5) is 0 Å². The summed E-state index contributed by atoms with van der Waals surface area (Å²) in [7, 11) is 2.17. The van der Waals surface area contributed by atoms with Gasteiger partial charge in [0.2, 0.25) is 5.91 Å². The van der Waals surface area contributed by atoms with Crippen molar-refractivity contribution in [1.29, 1.82) is 0 Å². The second-order valence-corrected chi connectivity index (χ2v) is 5.01. The van der Waals surface area contributed by atoms with Crippen LogP contribution in [-0.4, -0.2) is 54.6 Å². The summed E-state index contributed by atoms with van der Waals surface area (Å²) >= 11 is 0. The molecule has 0 spiro atoms. The van der Waals surface area contributed by atoms with E-state index in [2.05, 4.69) is 29.1 Å². The Labute approximate surface area is 98.0 Å². The van der Waals surface area contributed by atoms with E-state index in [-0.39, 0.29) is 12.1 Å². The Hall–Kier alpha value is -0.610. The van der Waals surface area contributed by atoms with Crippen molar-refractivity contribution in [2.45, 2.75) is 44.8 Å². The van der Waals surface area contributed by atoms with Crippen molar-refractivity contribution in [3.05, 3.63) is 0 Å². The second-order valence-electron chi connectivity index (χ2n) is 5.01. The van der Waals surface area contributed by atoms with E-state index >= 15 is 0 Å². The molecule has 0 aromatic heterocycles. The Morgan fingerprint density at radius 2 is 2.31 bits per heavy atom. The first-order chi connectivity index (χ1) is 7.72. The first-order valence-electron chi connectivity index (χ1n) is 6.45. The zero-order valence-electron chi connectivity index (χ0n) is 10.4. The highest BCUT2D eigenvalue weighted by atomic mass is 16.2. The fourth-order valence-electron chi connectivity index (χ4n) is 2.79. The SMILES string of the molecule is CCCC1NCC(=O)N1CC1CCCN1C. The Bertz CT molecular complexity index is 257. The van der Waals surface area contributed by atoms with Gasteiger partial charge < -0.3 is 9.80 Å². The van der Waals surface area contributed by atoms with Crippen LogP contribution in [0.15, 0.2) is 0 Å². The topological polar surface area (TPSA) is 35.6 Å². The van der Waals surface area contributed by atoms with E-state index in [1.807, 2.05) is 0 Å². The number of hydrogen-bond donors (Lipinski definition) is 1. The molecule has 0 saturated carbocycles. The third-order valence-corrected chi connectivity index (χ3v) is 3.83. The molecule has 1 N–H and O–H groups in total. The van der Waals surface area contributed by atoms with Gasteiger partial charge in [-0.2, -0.15) is 0 Å². The first kappa shape index (κ1) is 11.9. The Morgan fingerprint density at radius 3 is 2.94 bits per heavy atom. The quantitative estimate of drug-likeness (QED) is 0.762. The molecule has 2 unspecified atom stereocenters. The van der Waals surface area contributed by atoms with Crippen molar-refractivity contribution in [1.82, 2.24) is 15.1 Å². The molecule has 2 fully saturated rings. The molecule has 1 amide bonds. The van der Waals surface area contributed by atoms with Crippen LogP contribution < -0.4 is 5.32 Å². The molecule has 2 heterocycles. The molecule has 2 aliphatic heterocycles. The molecule has 0 bridgehead atoms. The molecule has 4 nitrogen and oxygen atoms in total. The maximum Gasteiger partial charge on any atom is 0.237 e. The Morgan fingerprint density at radius 1 is 1.50 bits per heavy atom. The van der Waals surface area contributed by atoms with Crippen molar-refractivity contribution in [2.75, 3.05) is 26.7 Å². The summed E-state index contributed by atoms with van der Waals surface area (Å²) in [6.07, 6.45) is 4.99. The van der Waals surface area contributed by atoms with E-state index in [1.54, 1.807) is 0 Å². The summed E-state index contributed by atoms with van der Waals surface area (Å²) in [5, 5.41) is 3.30. The van der Waals surface area contributed by atoms with E-state index in [1.165, 1.54) is 19.4 Å². The van der Waals surface area contributed by atoms with Gasteiger partial charge in [0, 0.05) is 12.6 Å². The largest absolute Gasteiger partial charge is 0.324 e. The van der Waals surface area contributed by atoms with Crippen molar-refractivity contribution in [3.63, 3.8) is 0 Å². The highest BCUT2D eigenvalue weighted by Gasteiger charge is 2.33. The van der Waals surface area contributed by atoms with Crippen LogP contribution in [0.5, 0.6) is 0 Å². The predicted molar refractivity (Wildman–Crippen MR) is 64.1 cm³/mol. The molecule has 2 atom stereocenters. The first-order valence-corrected chi connectivity index (χ1v) is 6.45. The number of amides is 1. The highest BCUT2D eigenvalue weighted by Crippen LogP contribution is 2.19. The Kier molecular flexibility index (Phi) is 3.82. The van der Waals surface area contributed by atoms with Crippen molar-refractivity contribution in [3.8, 4) is 0 Å². The molecule has 92 valence electrons. The lowest BCUT2D eigenvalue weighted by molar-refractivity contribution is -0.128. The van der Waals surface area contributed by atoms with Crippen LogP contribution in [0.1, 0.15) is 32.6 Å². The van der Waals surface area contributed by atoms with Gasteiger partial charge in [-0.3, -0.25) is 10.1 Å². The number of likely N-dealkylation sites (N-methyl/N-ethyl adjacent to an activating group) is 1. The van der Waals surface area contributed by atoms with E-state index in [4.69, 9.17) is 0 Å². The van der Waals surface area contributed by atoms with Crippen molar-refractivity contribution < 1.29 is 4.79 Å². The zero-order chi connectivity index (χ0) is 11.5. The van der Waals surface area contributed by atoms with E-state index < -0.39 is 0 Å². The summed E-state index contributed by atoms with van der Waals surface area (Å²) in [6, 6.07) is 0.572. The average Bonchev–Trinajstić information content (AvgIpc) is 2.80. The third-order valence-electron chi connectivity index (χ3n) is 3.83. The van der Waals surface area contributed by atoms with Crippen LogP contribution in [0, 0.1) is 0 Å².